The van der Waals surface area contributed by atoms with Gasteiger partial charge >= 0.3 is 0 Å². The first-order valence-electron chi connectivity index (χ1n) is 8.62. The van der Waals surface area contributed by atoms with Crippen molar-refractivity contribution in [1.82, 2.24) is 4.90 Å². The molecule has 0 amide bonds. The number of hydrogen-bond donors (Lipinski definition) is 2. The third-order valence-electron chi connectivity index (χ3n) is 4.55. The molecule has 1 aliphatic rings. The summed E-state index contributed by atoms with van der Waals surface area (Å²) in [4.78, 5) is 8.31. The Labute approximate surface area is 161 Å². The summed E-state index contributed by atoms with van der Waals surface area (Å²) < 4.78 is 26.5. The van der Waals surface area contributed by atoms with Crippen molar-refractivity contribution in [1.29, 1.82) is 0 Å². The second kappa shape index (κ2) is 8.54. The zero-order valence-electron chi connectivity index (χ0n) is 14.7. The summed E-state index contributed by atoms with van der Waals surface area (Å²) in [6.07, 6.45) is -0.962. The van der Waals surface area contributed by atoms with E-state index in [9.17, 15) is 13.9 Å². The predicted octanol–water partition coefficient (Wildman–Crippen LogP) is 2.79. The van der Waals surface area contributed by atoms with Crippen LogP contribution in [0, 0.1) is 11.6 Å². The molecule has 0 aromatic heterocycles. The summed E-state index contributed by atoms with van der Waals surface area (Å²) in [6, 6.07) is 10.5. The second-order valence-corrected chi connectivity index (χ2v) is 6.75. The first-order valence-corrected chi connectivity index (χ1v) is 9.00. The van der Waals surface area contributed by atoms with Crippen LogP contribution < -0.4 is 10.6 Å². The number of aliphatic imine (C=N–C) groups is 1. The number of aliphatic hydroxyl groups excluding tert-OH is 1. The zero-order valence-corrected chi connectivity index (χ0v) is 15.4. The molecule has 0 bridgehead atoms. The number of benzene rings is 2. The molecule has 1 saturated heterocycles. The Kier molecular flexibility index (Phi) is 6.13. The molecule has 3 N–H and O–H groups in total. The highest BCUT2D eigenvalue weighted by molar-refractivity contribution is 6.30. The van der Waals surface area contributed by atoms with Crippen molar-refractivity contribution in [2.24, 2.45) is 10.7 Å². The van der Waals surface area contributed by atoms with Crippen LogP contribution in [0.15, 0.2) is 47.5 Å². The number of anilines is 1. The van der Waals surface area contributed by atoms with Crippen LogP contribution in [0.1, 0.15) is 11.7 Å². The quantitative estimate of drug-likeness (QED) is 0.618. The number of hydrogen-bond acceptors (Lipinski definition) is 3. The lowest BCUT2D eigenvalue weighted by atomic mass is 10.1. The molecule has 27 heavy (non-hydrogen) atoms. The van der Waals surface area contributed by atoms with Gasteiger partial charge in [0.05, 0.1) is 17.7 Å². The molecule has 3 rings (SSSR count). The minimum atomic E-state index is -0.962. The highest BCUT2D eigenvalue weighted by Crippen LogP contribution is 2.21. The Balaban J connectivity index is 1.54. The maximum atomic E-state index is 13.5. The van der Waals surface area contributed by atoms with Crippen molar-refractivity contribution in [2.75, 3.05) is 37.6 Å². The summed E-state index contributed by atoms with van der Waals surface area (Å²) in [6.45, 7) is 2.82. The monoisotopic (exact) mass is 394 g/mol. The van der Waals surface area contributed by atoms with Crippen LogP contribution in [-0.4, -0.2) is 48.7 Å². The maximum absolute atomic E-state index is 13.5. The first kappa shape index (κ1) is 19.4. The zero-order chi connectivity index (χ0) is 19.4. The van der Waals surface area contributed by atoms with Gasteiger partial charge in [-0.3, -0.25) is 4.99 Å². The van der Waals surface area contributed by atoms with E-state index in [1.165, 1.54) is 24.3 Å². The van der Waals surface area contributed by atoms with E-state index in [1.807, 2.05) is 4.90 Å². The van der Waals surface area contributed by atoms with Gasteiger partial charge in [0.15, 0.2) is 5.96 Å². The van der Waals surface area contributed by atoms with Gasteiger partial charge in [-0.1, -0.05) is 17.7 Å². The fraction of sp³-hybridized carbons (Fsp3) is 0.316. The molecule has 1 aliphatic heterocycles. The molecule has 5 nitrogen and oxygen atoms in total. The van der Waals surface area contributed by atoms with Crippen LogP contribution in [0.25, 0.3) is 0 Å². The molecular weight excluding hydrogens is 374 g/mol. The number of rotatable bonds is 4. The smallest absolute Gasteiger partial charge is 0.191 e. The minimum Gasteiger partial charge on any atom is -0.386 e. The van der Waals surface area contributed by atoms with E-state index in [4.69, 9.17) is 17.3 Å². The lowest BCUT2D eigenvalue weighted by Crippen LogP contribution is -2.51. The van der Waals surface area contributed by atoms with Crippen molar-refractivity contribution >= 4 is 23.2 Å². The lowest BCUT2D eigenvalue weighted by molar-refractivity contribution is 0.186. The molecule has 0 radical (unpaired) electrons. The summed E-state index contributed by atoms with van der Waals surface area (Å²) in [5.74, 6) is -0.503. The molecule has 0 aliphatic carbocycles. The van der Waals surface area contributed by atoms with E-state index in [1.54, 1.807) is 18.2 Å². The number of aliphatic hydroxyl groups is 1. The lowest BCUT2D eigenvalue weighted by Gasteiger charge is -2.36. The van der Waals surface area contributed by atoms with E-state index < -0.39 is 11.9 Å². The van der Waals surface area contributed by atoms with E-state index in [-0.39, 0.29) is 17.4 Å². The summed E-state index contributed by atoms with van der Waals surface area (Å²) in [5, 5.41) is 10.2. The fourth-order valence-corrected chi connectivity index (χ4v) is 3.07. The molecule has 8 heteroatoms. The Morgan fingerprint density at radius 1 is 1.11 bits per heavy atom. The van der Waals surface area contributed by atoms with Gasteiger partial charge in [0, 0.05) is 31.9 Å². The number of guanidine groups is 1. The maximum Gasteiger partial charge on any atom is 0.191 e. The highest BCUT2D eigenvalue weighted by Gasteiger charge is 2.19. The number of piperazine rings is 1. The average Bonchev–Trinajstić information content (AvgIpc) is 2.68. The topological polar surface area (TPSA) is 65.1 Å². The third kappa shape index (κ3) is 4.87. The average molecular weight is 395 g/mol. The van der Waals surface area contributed by atoms with Crippen LogP contribution in [-0.2, 0) is 0 Å². The largest absolute Gasteiger partial charge is 0.386 e. The first-order chi connectivity index (χ1) is 12.9. The molecule has 144 valence electrons. The standard InChI is InChI=1S/C19H21ClF2N4O/c20-16-6-1-13(11-17(16)22)18(27)12-24-19(23)26-9-7-25(8-10-26)15-4-2-14(21)3-5-15/h1-6,11,18,27H,7-10,12H2,(H2,23,24). The molecule has 2 aromatic carbocycles. The van der Waals surface area contributed by atoms with Gasteiger partial charge < -0.3 is 20.6 Å². The van der Waals surface area contributed by atoms with E-state index in [2.05, 4.69) is 9.89 Å². The molecule has 1 fully saturated rings. The molecule has 0 spiro atoms. The minimum absolute atomic E-state index is 0.00740. The van der Waals surface area contributed by atoms with Crippen molar-refractivity contribution < 1.29 is 13.9 Å². The van der Waals surface area contributed by atoms with Crippen LogP contribution in [0.3, 0.4) is 0 Å². The fourth-order valence-electron chi connectivity index (χ4n) is 2.95. The van der Waals surface area contributed by atoms with E-state index in [0.717, 1.165) is 18.8 Å². The predicted molar refractivity (Wildman–Crippen MR) is 103 cm³/mol. The van der Waals surface area contributed by atoms with Gasteiger partial charge in [-0.15, -0.1) is 0 Å². The second-order valence-electron chi connectivity index (χ2n) is 6.34. The van der Waals surface area contributed by atoms with Gasteiger partial charge in [0.25, 0.3) is 0 Å². The Morgan fingerprint density at radius 3 is 2.41 bits per heavy atom. The van der Waals surface area contributed by atoms with Crippen LogP contribution in [0.5, 0.6) is 0 Å². The van der Waals surface area contributed by atoms with Crippen molar-refractivity contribution in [3.63, 3.8) is 0 Å². The molecule has 1 atom stereocenters. The summed E-state index contributed by atoms with van der Waals surface area (Å²) in [5.41, 5.74) is 7.40. The van der Waals surface area contributed by atoms with Crippen LogP contribution in [0.2, 0.25) is 5.02 Å². The molecule has 2 aromatic rings. The number of nitrogens with two attached hydrogens (primary N) is 1. The van der Waals surface area contributed by atoms with Gasteiger partial charge in [0.2, 0.25) is 0 Å². The Morgan fingerprint density at radius 2 is 1.78 bits per heavy atom. The molecule has 0 saturated carbocycles. The van der Waals surface area contributed by atoms with Gasteiger partial charge in [-0.05, 0) is 42.0 Å². The Hall–Kier alpha value is -2.38. The van der Waals surface area contributed by atoms with Gasteiger partial charge in [0.1, 0.15) is 11.6 Å². The highest BCUT2D eigenvalue weighted by atomic mass is 35.5. The van der Waals surface area contributed by atoms with Crippen LogP contribution >= 0.6 is 11.6 Å². The van der Waals surface area contributed by atoms with E-state index >= 15 is 0 Å². The summed E-state index contributed by atoms with van der Waals surface area (Å²) >= 11 is 5.64. The van der Waals surface area contributed by atoms with Gasteiger partial charge in [-0.2, -0.15) is 0 Å². The number of halogens is 3. The molecular formula is C19H21ClF2N4O. The summed E-state index contributed by atoms with van der Waals surface area (Å²) in [7, 11) is 0. The number of nitrogens with zero attached hydrogens (tertiary/aromatic N) is 3. The molecule has 1 unspecified atom stereocenters. The third-order valence-corrected chi connectivity index (χ3v) is 4.86. The van der Waals surface area contributed by atoms with Crippen LogP contribution in [0.4, 0.5) is 14.5 Å². The molecule has 1 heterocycles. The SMILES string of the molecule is NC(=NCC(O)c1ccc(Cl)c(F)c1)N1CCN(c2ccc(F)cc2)CC1. The van der Waals surface area contributed by atoms with Crippen molar-refractivity contribution in [2.45, 2.75) is 6.10 Å². The Bertz CT molecular complexity index is 808. The van der Waals surface area contributed by atoms with Gasteiger partial charge in [-0.25, -0.2) is 8.78 Å². The normalized spacial score (nSPS) is 16.5. The van der Waals surface area contributed by atoms with E-state index in [0.29, 0.717) is 24.6 Å². The van der Waals surface area contributed by atoms with Crippen molar-refractivity contribution in [3.8, 4) is 0 Å². The van der Waals surface area contributed by atoms with Crippen molar-refractivity contribution in [3.05, 3.63) is 64.7 Å².